The molecule has 0 fully saturated rings. The Morgan fingerprint density at radius 3 is 2.81 bits per heavy atom. The van der Waals surface area contributed by atoms with Crippen LogP contribution in [0.25, 0.3) is 10.9 Å². The van der Waals surface area contributed by atoms with Crippen LogP contribution in [0, 0.1) is 6.92 Å². The first-order valence-corrected chi connectivity index (χ1v) is 7.19. The maximum absolute atomic E-state index is 4.44. The molecule has 2 heterocycles. The van der Waals surface area contributed by atoms with Crippen LogP contribution in [0.2, 0.25) is 0 Å². The predicted molar refractivity (Wildman–Crippen MR) is 85.2 cm³/mol. The van der Waals surface area contributed by atoms with Crippen molar-refractivity contribution >= 4 is 10.9 Å². The molecule has 1 unspecified atom stereocenters. The lowest BCUT2D eigenvalue weighted by Gasteiger charge is -2.18. The van der Waals surface area contributed by atoms with Crippen molar-refractivity contribution < 1.29 is 0 Å². The lowest BCUT2D eigenvalue weighted by molar-refractivity contribution is 0.564. The molecule has 0 aliphatic heterocycles. The van der Waals surface area contributed by atoms with Gasteiger partial charge in [0.05, 0.1) is 11.2 Å². The Morgan fingerprint density at radius 1 is 1.24 bits per heavy atom. The van der Waals surface area contributed by atoms with E-state index in [1.807, 2.05) is 38.0 Å². The van der Waals surface area contributed by atoms with E-state index in [0.29, 0.717) is 0 Å². The molecular formula is C17H20N4. The number of hydrogen-bond donors (Lipinski definition) is 1. The normalized spacial score (nSPS) is 12.7. The van der Waals surface area contributed by atoms with Crippen LogP contribution in [0.1, 0.15) is 23.0 Å². The molecule has 0 aliphatic carbocycles. The summed E-state index contributed by atoms with van der Waals surface area (Å²) >= 11 is 0. The first-order valence-electron chi connectivity index (χ1n) is 7.19. The number of pyridine rings is 1. The summed E-state index contributed by atoms with van der Waals surface area (Å²) in [5.74, 6) is 0. The van der Waals surface area contributed by atoms with Gasteiger partial charge in [0.2, 0.25) is 0 Å². The highest BCUT2D eigenvalue weighted by atomic mass is 15.3. The summed E-state index contributed by atoms with van der Waals surface area (Å²) in [7, 11) is 4.00. The Morgan fingerprint density at radius 2 is 2.10 bits per heavy atom. The largest absolute Gasteiger partial charge is 0.313 e. The van der Waals surface area contributed by atoms with Gasteiger partial charge in [0.15, 0.2) is 0 Å². The molecule has 0 radical (unpaired) electrons. The highest BCUT2D eigenvalue weighted by Crippen LogP contribution is 2.25. The lowest BCUT2D eigenvalue weighted by Crippen LogP contribution is -2.20. The Kier molecular flexibility index (Phi) is 3.71. The summed E-state index contributed by atoms with van der Waals surface area (Å²) in [5.41, 5.74) is 4.60. The topological polar surface area (TPSA) is 42.7 Å². The van der Waals surface area contributed by atoms with Gasteiger partial charge in [0.25, 0.3) is 0 Å². The number of nitrogens with one attached hydrogen (secondary N) is 1. The number of likely N-dealkylation sites (N-methyl/N-ethyl adjacent to an activating group) is 1. The summed E-state index contributed by atoms with van der Waals surface area (Å²) in [4.78, 5) is 4.44. The highest BCUT2D eigenvalue weighted by molar-refractivity contribution is 5.82. The number of aromatic nitrogens is 3. The third-order valence-electron chi connectivity index (χ3n) is 3.92. The molecule has 2 aromatic heterocycles. The third kappa shape index (κ3) is 2.67. The molecule has 0 spiro atoms. The maximum Gasteiger partial charge on any atom is 0.0705 e. The fourth-order valence-electron chi connectivity index (χ4n) is 2.86. The summed E-state index contributed by atoms with van der Waals surface area (Å²) < 4.78 is 1.96. The smallest absolute Gasteiger partial charge is 0.0705 e. The molecule has 3 rings (SSSR count). The first-order chi connectivity index (χ1) is 10.2. The minimum Gasteiger partial charge on any atom is -0.313 e. The Labute approximate surface area is 124 Å². The van der Waals surface area contributed by atoms with Crippen molar-refractivity contribution in [2.75, 3.05) is 7.05 Å². The van der Waals surface area contributed by atoms with Crippen LogP contribution in [-0.4, -0.2) is 21.8 Å². The van der Waals surface area contributed by atoms with Crippen molar-refractivity contribution in [3.63, 3.8) is 0 Å². The molecular weight excluding hydrogens is 260 g/mol. The molecule has 0 saturated carbocycles. The van der Waals surface area contributed by atoms with E-state index in [1.165, 1.54) is 16.6 Å². The SMILES string of the molecule is CNC(Cc1cc(C)nn1C)c1cccc2ncccc12. The van der Waals surface area contributed by atoms with E-state index in [2.05, 4.69) is 45.7 Å². The fraction of sp³-hybridized carbons (Fsp3) is 0.294. The van der Waals surface area contributed by atoms with Crippen LogP contribution >= 0.6 is 0 Å². The van der Waals surface area contributed by atoms with Crippen molar-refractivity contribution in [2.24, 2.45) is 7.05 Å². The van der Waals surface area contributed by atoms with Gasteiger partial charge in [0.1, 0.15) is 0 Å². The molecule has 108 valence electrons. The summed E-state index contributed by atoms with van der Waals surface area (Å²) in [6.07, 6.45) is 2.74. The molecule has 1 atom stereocenters. The average molecular weight is 280 g/mol. The number of fused-ring (bicyclic) bond motifs is 1. The van der Waals surface area contributed by atoms with Crippen LogP contribution < -0.4 is 5.32 Å². The number of nitrogens with zero attached hydrogens (tertiary/aromatic N) is 3. The molecule has 4 nitrogen and oxygen atoms in total. The molecule has 4 heteroatoms. The standard InChI is InChI=1S/C17H20N4/c1-12-10-13(21(3)20-12)11-17(18-2)15-6-4-8-16-14(15)7-5-9-19-16/h4-10,17-18H,11H2,1-3H3. The fourth-order valence-corrected chi connectivity index (χ4v) is 2.86. The highest BCUT2D eigenvalue weighted by Gasteiger charge is 2.15. The molecule has 0 bridgehead atoms. The van der Waals surface area contributed by atoms with E-state index in [4.69, 9.17) is 0 Å². The van der Waals surface area contributed by atoms with Gasteiger partial charge in [-0.2, -0.15) is 5.10 Å². The summed E-state index contributed by atoms with van der Waals surface area (Å²) in [6, 6.07) is 12.8. The average Bonchev–Trinajstić information content (AvgIpc) is 2.82. The molecule has 21 heavy (non-hydrogen) atoms. The quantitative estimate of drug-likeness (QED) is 0.799. The Bertz CT molecular complexity index is 755. The van der Waals surface area contributed by atoms with Crippen LogP contribution in [-0.2, 0) is 13.5 Å². The van der Waals surface area contributed by atoms with Gasteiger partial charge in [-0.25, -0.2) is 0 Å². The zero-order valence-electron chi connectivity index (χ0n) is 12.7. The lowest BCUT2D eigenvalue weighted by atomic mass is 9.97. The molecule has 3 aromatic rings. The van der Waals surface area contributed by atoms with E-state index in [1.54, 1.807) is 0 Å². The van der Waals surface area contributed by atoms with Crippen molar-refractivity contribution in [3.05, 3.63) is 59.5 Å². The molecule has 0 amide bonds. The van der Waals surface area contributed by atoms with Crippen LogP contribution in [0.5, 0.6) is 0 Å². The molecule has 0 aliphatic rings. The molecule has 0 saturated heterocycles. The monoisotopic (exact) mass is 280 g/mol. The van der Waals surface area contributed by atoms with E-state index < -0.39 is 0 Å². The van der Waals surface area contributed by atoms with Gasteiger partial charge in [-0.3, -0.25) is 9.67 Å². The van der Waals surface area contributed by atoms with E-state index in [0.717, 1.165) is 17.6 Å². The van der Waals surface area contributed by atoms with Crippen LogP contribution in [0.3, 0.4) is 0 Å². The number of aryl methyl sites for hydroxylation is 2. The summed E-state index contributed by atoms with van der Waals surface area (Å²) in [5, 5.41) is 9.06. The Hall–Kier alpha value is -2.20. The Balaban J connectivity index is 2.00. The van der Waals surface area contributed by atoms with Crippen molar-refractivity contribution in [1.82, 2.24) is 20.1 Å². The number of hydrogen-bond acceptors (Lipinski definition) is 3. The predicted octanol–water partition coefficient (Wildman–Crippen LogP) is 2.78. The van der Waals surface area contributed by atoms with Gasteiger partial charge >= 0.3 is 0 Å². The number of rotatable bonds is 4. The van der Waals surface area contributed by atoms with Gasteiger partial charge in [0, 0.05) is 36.8 Å². The zero-order valence-corrected chi connectivity index (χ0v) is 12.7. The second-order valence-electron chi connectivity index (χ2n) is 5.36. The molecule has 1 N–H and O–H groups in total. The van der Waals surface area contributed by atoms with Crippen molar-refractivity contribution in [1.29, 1.82) is 0 Å². The van der Waals surface area contributed by atoms with Gasteiger partial charge < -0.3 is 5.32 Å². The van der Waals surface area contributed by atoms with E-state index in [-0.39, 0.29) is 6.04 Å². The van der Waals surface area contributed by atoms with Gasteiger partial charge in [-0.1, -0.05) is 18.2 Å². The summed E-state index contributed by atoms with van der Waals surface area (Å²) in [6.45, 7) is 2.03. The maximum atomic E-state index is 4.44. The van der Waals surface area contributed by atoms with E-state index in [9.17, 15) is 0 Å². The zero-order chi connectivity index (χ0) is 14.8. The van der Waals surface area contributed by atoms with Crippen molar-refractivity contribution in [2.45, 2.75) is 19.4 Å². The first kappa shape index (κ1) is 13.8. The second kappa shape index (κ2) is 5.66. The third-order valence-corrected chi connectivity index (χ3v) is 3.92. The van der Waals surface area contributed by atoms with Gasteiger partial charge in [-0.15, -0.1) is 0 Å². The second-order valence-corrected chi connectivity index (χ2v) is 5.36. The number of benzene rings is 1. The van der Waals surface area contributed by atoms with Crippen molar-refractivity contribution in [3.8, 4) is 0 Å². The van der Waals surface area contributed by atoms with E-state index >= 15 is 0 Å². The van der Waals surface area contributed by atoms with Crippen LogP contribution in [0.4, 0.5) is 0 Å². The minimum atomic E-state index is 0.243. The minimum absolute atomic E-state index is 0.243. The van der Waals surface area contributed by atoms with Crippen LogP contribution in [0.15, 0.2) is 42.6 Å². The van der Waals surface area contributed by atoms with Gasteiger partial charge in [-0.05, 0) is 37.7 Å². The molecule has 1 aromatic carbocycles.